The molecule has 1 N–H and O–H groups in total. The average Bonchev–Trinajstić information content (AvgIpc) is 3.26. The van der Waals surface area contributed by atoms with Gasteiger partial charge in [-0.05, 0) is 48.7 Å². The van der Waals surface area contributed by atoms with E-state index in [4.69, 9.17) is 0 Å². The van der Waals surface area contributed by atoms with Crippen molar-refractivity contribution >= 4 is 5.91 Å². The molecule has 2 aromatic rings. The molecule has 25 heavy (non-hydrogen) atoms. The monoisotopic (exact) mass is 346 g/mol. The lowest BCUT2D eigenvalue weighted by molar-refractivity contribution is -0.121. The van der Waals surface area contributed by atoms with Crippen molar-refractivity contribution in [2.24, 2.45) is 5.92 Å². The summed E-state index contributed by atoms with van der Waals surface area (Å²) < 4.78 is 3.59. The molecule has 0 unspecified atom stereocenters. The van der Waals surface area contributed by atoms with E-state index in [0.29, 0.717) is 13.1 Å². The highest BCUT2D eigenvalue weighted by molar-refractivity contribution is 5.75. The molecular weight excluding hydrogens is 320 g/mol. The number of carbonyl (C=O) groups is 1. The van der Waals surface area contributed by atoms with E-state index < -0.39 is 0 Å². The van der Waals surface area contributed by atoms with E-state index in [1.54, 1.807) is 17.2 Å². The topological polar surface area (TPSA) is 93.8 Å². The number of aromatic nitrogens is 6. The van der Waals surface area contributed by atoms with Crippen LogP contribution < -0.4 is 5.32 Å². The third-order valence-electron chi connectivity index (χ3n) is 4.62. The fourth-order valence-electron chi connectivity index (χ4n) is 2.98. The van der Waals surface area contributed by atoms with Gasteiger partial charge in [0.05, 0.1) is 12.9 Å². The second-order valence-electron chi connectivity index (χ2n) is 6.72. The predicted molar refractivity (Wildman–Crippen MR) is 91.3 cm³/mol. The highest BCUT2D eigenvalue weighted by Crippen LogP contribution is 2.17. The molecule has 3 heterocycles. The van der Waals surface area contributed by atoms with Crippen LogP contribution in [0.15, 0.2) is 18.7 Å². The molecule has 0 saturated carbocycles. The molecular formula is C16H26N8O. The minimum atomic E-state index is -0.0635. The Morgan fingerprint density at radius 1 is 1.36 bits per heavy atom. The smallest absolute Gasteiger partial charge is 0.241 e. The molecule has 3 rings (SSSR count). The maximum absolute atomic E-state index is 12.1. The summed E-state index contributed by atoms with van der Waals surface area (Å²) >= 11 is 0. The summed E-state index contributed by atoms with van der Waals surface area (Å²) in [6.45, 7) is 6.75. The quantitative estimate of drug-likeness (QED) is 0.691. The van der Waals surface area contributed by atoms with Crippen LogP contribution in [0.25, 0.3) is 0 Å². The first-order chi connectivity index (χ1) is 12.2. The molecule has 136 valence electrons. The van der Waals surface area contributed by atoms with Crippen LogP contribution in [0.4, 0.5) is 0 Å². The number of piperidine rings is 1. The lowest BCUT2D eigenvalue weighted by Gasteiger charge is -2.29. The second kappa shape index (κ2) is 8.70. The van der Waals surface area contributed by atoms with Crippen LogP contribution in [-0.4, -0.2) is 60.2 Å². The molecule has 0 radical (unpaired) electrons. The van der Waals surface area contributed by atoms with Gasteiger partial charge in [-0.25, -0.2) is 9.67 Å². The third kappa shape index (κ3) is 5.35. The number of hydrogen-bond donors (Lipinski definition) is 1. The van der Waals surface area contributed by atoms with Crippen LogP contribution >= 0.6 is 0 Å². The molecule has 1 aliphatic heterocycles. The summed E-state index contributed by atoms with van der Waals surface area (Å²) in [5, 5.41) is 14.7. The first-order valence-electron chi connectivity index (χ1n) is 8.90. The van der Waals surface area contributed by atoms with Crippen molar-refractivity contribution in [1.82, 2.24) is 40.0 Å². The highest BCUT2D eigenvalue weighted by atomic mass is 16.2. The Bertz CT molecular complexity index is 645. The number of likely N-dealkylation sites (tertiary alicyclic amines) is 1. The van der Waals surface area contributed by atoms with Gasteiger partial charge in [-0.1, -0.05) is 6.92 Å². The van der Waals surface area contributed by atoms with E-state index in [1.807, 2.05) is 10.8 Å². The molecule has 1 fully saturated rings. The zero-order valence-electron chi connectivity index (χ0n) is 14.7. The summed E-state index contributed by atoms with van der Waals surface area (Å²) in [6.07, 6.45) is 8.71. The zero-order valence-corrected chi connectivity index (χ0v) is 14.7. The van der Waals surface area contributed by atoms with Gasteiger partial charge in [-0.2, -0.15) is 0 Å². The molecule has 9 nitrogen and oxygen atoms in total. The Hall–Kier alpha value is -2.29. The third-order valence-corrected chi connectivity index (χ3v) is 4.62. The van der Waals surface area contributed by atoms with Gasteiger partial charge in [0.1, 0.15) is 6.54 Å². The Balaban J connectivity index is 1.40. The van der Waals surface area contributed by atoms with Gasteiger partial charge >= 0.3 is 0 Å². The van der Waals surface area contributed by atoms with E-state index in [2.05, 4.69) is 37.6 Å². The number of nitrogens with one attached hydrogen (secondary N) is 1. The maximum atomic E-state index is 12.1. The summed E-state index contributed by atoms with van der Waals surface area (Å²) in [4.78, 5) is 18.4. The Kier molecular flexibility index (Phi) is 6.10. The number of amides is 1. The number of nitrogens with zero attached hydrogens (tertiary/aromatic N) is 7. The molecule has 1 saturated heterocycles. The number of imidazole rings is 1. The molecule has 9 heteroatoms. The fourth-order valence-corrected chi connectivity index (χ4v) is 2.98. The highest BCUT2D eigenvalue weighted by Gasteiger charge is 2.19. The SMILES string of the molecule is CC1CCN(Cc2nnnn2CC(=O)NCCCn2ccnc2)CC1. The lowest BCUT2D eigenvalue weighted by atomic mass is 9.99. The van der Waals surface area contributed by atoms with Crippen molar-refractivity contribution in [1.29, 1.82) is 0 Å². The molecule has 0 bridgehead atoms. The van der Waals surface area contributed by atoms with Crippen LogP contribution in [-0.2, 0) is 24.4 Å². The van der Waals surface area contributed by atoms with Gasteiger partial charge in [-0.15, -0.1) is 5.10 Å². The Morgan fingerprint density at radius 2 is 2.20 bits per heavy atom. The summed E-state index contributed by atoms with van der Waals surface area (Å²) in [6, 6.07) is 0. The molecule has 1 amide bonds. The number of tetrazole rings is 1. The normalized spacial score (nSPS) is 16.2. The van der Waals surface area contributed by atoms with E-state index in [-0.39, 0.29) is 12.5 Å². The molecule has 1 aliphatic rings. The van der Waals surface area contributed by atoms with E-state index in [1.165, 1.54) is 12.8 Å². The van der Waals surface area contributed by atoms with Crippen molar-refractivity contribution in [2.75, 3.05) is 19.6 Å². The summed E-state index contributed by atoms with van der Waals surface area (Å²) in [5.41, 5.74) is 0. The van der Waals surface area contributed by atoms with Gasteiger partial charge in [-0.3, -0.25) is 9.69 Å². The van der Waals surface area contributed by atoms with Gasteiger partial charge in [0.25, 0.3) is 0 Å². The molecule has 2 aromatic heterocycles. The Labute approximate surface area is 147 Å². The van der Waals surface area contributed by atoms with Gasteiger partial charge in [0, 0.05) is 25.5 Å². The largest absolute Gasteiger partial charge is 0.354 e. The predicted octanol–water partition coefficient (Wildman–Crippen LogP) is 0.308. The number of aryl methyl sites for hydroxylation is 1. The molecule has 0 atom stereocenters. The van der Waals surface area contributed by atoms with E-state index in [0.717, 1.165) is 37.8 Å². The first-order valence-corrected chi connectivity index (χ1v) is 8.90. The molecule has 0 spiro atoms. The zero-order chi connectivity index (χ0) is 17.5. The first kappa shape index (κ1) is 17.5. The van der Waals surface area contributed by atoms with Gasteiger partial charge in [0.2, 0.25) is 5.91 Å². The fraction of sp³-hybridized carbons (Fsp3) is 0.688. The summed E-state index contributed by atoms with van der Waals surface area (Å²) in [7, 11) is 0. The van der Waals surface area contributed by atoms with Crippen molar-refractivity contribution in [3.05, 3.63) is 24.5 Å². The van der Waals surface area contributed by atoms with Gasteiger partial charge < -0.3 is 9.88 Å². The van der Waals surface area contributed by atoms with Crippen molar-refractivity contribution in [3.8, 4) is 0 Å². The van der Waals surface area contributed by atoms with Crippen molar-refractivity contribution < 1.29 is 4.79 Å². The average molecular weight is 346 g/mol. The lowest BCUT2D eigenvalue weighted by Crippen LogP contribution is -2.34. The molecule has 0 aromatic carbocycles. The van der Waals surface area contributed by atoms with Crippen LogP contribution in [0.5, 0.6) is 0 Å². The number of carbonyl (C=O) groups excluding carboxylic acids is 1. The van der Waals surface area contributed by atoms with E-state index in [9.17, 15) is 4.79 Å². The Morgan fingerprint density at radius 3 is 2.96 bits per heavy atom. The minimum absolute atomic E-state index is 0.0635. The maximum Gasteiger partial charge on any atom is 0.241 e. The van der Waals surface area contributed by atoms with E-state index >= 15 is 0 Å². The molecule has 0 aliphatic carbocycles. The van der Waals surface area contributed by atoms with Crippen molar-refractivity contribution in [3.63, 3.8) is 0 Å². The van der Waals surface area contributed by atoms with Crippen LogP contribution in [0.1, 0.15) is 32.0 Å². The van der Waals surface area contributed by atoms with Crippen LogP contribution in [0.2, 0.25) is 0 Å². The number of hydrogen-bond acceptors (Lipinski definition) is 6. The van der Waals surface area contributed by atoms with Gasteiger partial charge in [0.15, 0.2) is 5.82 Å². The van der Waals surface area contributed by atoms with Crippen LogP contribution in [0.3, 0.4) is 0 Å². The standard InChI is InChI=1S/C16H26N8O/c1-14-3-8-22(9-4-14)11-15-19-20-21-24(15)12-16(25)18-5-2-7-23-10-6-17-13-23/h6,10,13-14H,2-5,7-9,11-12H2,1H3,(H,18,25). The summed E-state index contributed by atoms with van der Waals surface area (Å²) in [5.74, 6) is 1.48. The van der Waals surface area contributed by atoms with Crippen LogP contribution in [0, 0.1) is 5.92 Å². The number of rotatable bonds is 8. The minimum Gasteiger partial charge on any atom is -0.354 e. The van der Waals surface area contributed by atoms with Crippen molar-refractivity contribution in [2.45, 2.75) is 45.8 Å². The second-order valence-corrected chi connectivity index (χ2v) is 6.72.